The summed E-state index contributed by atoms with van der Waals surface area (Å²) >= 11 is 0. The summed E-state index contributed by atoms with van der Waals surface area (Å²) in [4.78, 5) is 13.3. The van der Waals surface area contributed by atoms with Gasteiger partial charge in [-0.3, -0.25) is 14.1 Å². The predicted octanol–water partition coefficient (Wildman–Crippen LogP) is 1.87. The molecular formula is C21H23N9. The summed E-state index contributed by atoms with van der Waals surface area (Å²) in [5, 5.41) is 6.02. The Morgan fingerprint density at radius 3 is 2.80 bits per heavy atom. The molecule has 0 fully saturated rings. The van der Waals surface area contributed by atoms with Crippen LogP contribution in [0.5, 0.6) is 0 Å². The van der Waals surface area contributed by atoms with Gasteiger partial charge in [0.2, 0.25) is 0 Å². The Labute approximate surface area is 174 Å². The maximum atomic E-state index is 6.04. The van der Waals surface area contributed by atoms with E-state index in [9.17, 15) is 0 Å². The Morgan fingerprint density at radius 1 is 1.30 bits per heavy atom. The number of hydrazine groups is 1. The first-order chi connectivity index (χ1) is 14.6. The minimum Gasteiger partial charge on any atom is -0.328 e. The number of rotatable bonds is 7. The molecule has 0 saturated heterocycles. The molecule has 0 radical (unpaired) electrons. The smallest absolute Gasteiger partial charge is 0.149 e. The summed E-state index contributed by atoms with van der Waals surface area (Å²) in [6.45, 7) is 4.29. The molecule has 4 rings (SSSR count). The van der Waals surface area contributed by atoms with Crippen LogP contribution in [0.4, 0.5) is 0 Å². The molecule has 0 saturated carbocycles. The second-order valence-corrected chi connectivity index (χ2v) is 6.82. The van der Waals surface area contributed by atoms with E-state index in [-0.39, 0.29) is 6.04 Å². The van der Waals surface area contributed by atoms with Crippen molar-refractivity contribution in [2.45, 2.75) is 6.04 Å². The third-order valence-electron chi connectivity index (χ3n) is 4.74. The third kappa shape index (κ3) is 3.71. The molecular weight excluding hydrogens is 378 g/mol. The van der Waals surface area contributed by atoms with Gasteiger partial charge < -0.3 is 10.7 Å². The van der Waals surface area contributed by atoms with E-state index in [0.29, 0.717) is 18.1 Å². The van der Waals surface area contributed by atoms with E-state index >= 15 is 0 Å². The lowest BCUT2D eigenvalue weighted by atomic mass is 10.1. The fourth-order valence-electron chi connectivity index (χ4n) is 3.32. The standard InChI is InChI=1S/C21H23N9/c1-3-15(13-28(2)23)18-10-20-25-8-9-29(20)21(27-18)17-12-26-30(14-17)19(11-22)16-4-6-24-7-5-16/h3-10,12-14,19H,1,11,22-23H2,2H3/b15-13+. The zero-order valence-corrected chi connectivity index (χ0v) is 16.6. The van der Waals surface area contributed by atoms with Crippen LogP contribution in [0.2, 0.25) is 0 Å². The Kier molecular flexibility index (Phi) is 5.38. The first-order valence-corrected chi connectivity index (χ1v) is 9.41. The van der Waals surface area contributed by atoms with Crippen LogP contribution in [0.1, 0.15) is 17.3 Å². The zero-order chi connectivity index (χ0) is 21.1. The highest BCUT2D eigenvalue weighted by Crippen LogP contribution is 2.25. The Hall–Kier alpha value is -3.82. The summed E-state index contributed by atoms with van der Waals surface area (Å²) in [6.07, 6.45) is 14.3. The van der Waals surface area contributed by atoms with Crippen LogP contribution < -0.4 is 11.6 Å². The van der Waals surface area contributed by atoms with E-state index in [4.69, 9.17) is 16.6 Å². The quantitative estimate of drug-likeness (QED) is 0.276. The number of nitrogens with two attached hydrogens (primary N) is 2. The molecule has 9 heteroatoms. The van der Waals surface area contributed by atoms with E-state index in [0.717, 1.165) is 22.3 Å². The lowest BCUT2D eigenvalue weighted by molar-refractivity contribution is 0.486. The van der Waals surface area contributed by atoms with Gasteiger partial charge in [-0.15, -0.1) is 0 Å². The van der Waals surface area contributed by atoms with Crippen molar-refractivity contribution in [3.8, 4) is 11.4 Å². The van der Waals surface area contributed by atoms with E-state index in [2.05, 4.69) is 21.6 Å². The predicted molar refractivity (Wildman–Crippen MR) is 116 cm³/mol. The number of nitrogens with zero attached hydrogens (tertiary/aromatic N) is 7. The fraction of sp³-hybridized carbons (Fsp3) is 0.143. The topological polar surface area (TPSA) is 116 Å². The van der Waals surface area contributed by atoms with Crippen molar-refractivity contribution in [3.05, 3.63) is 85.5 Å². The fourth-order valence-corrected chi connectivity index (χ4v) is 3.32. The number of fused-ring (bicyclic) bond motifs is 1. The van der Waals surface area contributed by atoms with Crippen LogP contribution in [-0.4, -0.2) is 47.7 Å². The van der Waals surface area contributed by atoms with E-state index in [1.807, 2.05) is 39.7 Å². The number of imidazole rings is 1. The average Bonchev–Trinajstić information content (AvgIpc) is 3.42. The lowest BCUT2D eigenvalue weighted by Gasteiger charge is -2.15. The van der Waals surface area contributed by atoms with Crippen molar-refractivity contribution >= 4 is 11.2 Å². The van der Waals surface area contributed by atoms with E-state index < -0.39 is 0 Å². The summed E-state index contributed by atoms with van der Waals surface area (Å²) in [6, 6.07) is 5.68. The van der Waals surface area contributed by atoms with Crippen molar-refractivity contribution in [1.29, 1.82) is 0 Å². The molecule has 30 heavy (non-hydrogen) atoms. The molecule has 152 valence electrons. The first kappa shape index (κ1) is 19.5. The highest BCUT2D eigenvalue weighted by Gasteiger charge is 2.17. The maximum absolute atomic E-state index is 6.04. The van der Waals surface area contributed by atoms with Gasteiger partial charge in [0.25, 0.3) is 0 Å². The molecule has 1 unspecified atom stereocenters. The second-order valence-electron chi connectivity index (χ2n) is 6.82. The molecule has 4 N–H and O–H groups in total. The van der Waals surface area contributed by atoms with Crippen molar-refractivity contribution in [2.24, 2.45) is 11.6 Å². The van der Waals surface area contributed by atoms with Crippen molar-refractivity contribution in [1.82, 2.24) is 34.1 Å². The van der Waals surface area contributed by atoms with Crippen molar-refractivity contribution < 1.29 is 0 Å². The largest absolute Gasteiger partial charge is 0.328 e. The maximum Gasteiger partial charge on any atom is 0.149 e. The number of allylic oxidation sites excluding steroid dienone is 2. The summed E-state index contributed by atoms with van der Waals surface area (Å²) in [5.74, 6) is 6.50. The molecule has 0 aliphatic rings. The highest BCUT2D eigenvalue weighted by atomic mass is 15.4. The number of hydrogen-bond acceptors (Lipinski definition) is 7. The van der Waals surface area contributed by atoms with Gasteiger partial charge in [-0.1, -0.05) is 12.7 Å². The molecule has 1 atom stereocenters. The molecule has 4 heterocycles. The molecule has 0 bridgehead atoms. The molecule has 0 aliphatic carbocycles. The van der Waals surface area contributed by atoms with Crippen molar-refractivity contribution in [3.63, 3.8) is 0 Å². The van der Waals surface area contributed by atoms with Gasteiger partial charge in [-0.05, 0) is 17.7 Å². The molecule has 0 aliphatic heterocycles. The average molecular weight is 401 g/mol. The number of hydrogen-bond donors (Lipinski definition) is 2. The summed E-state index contributed by atoms with van der Waals surface area (Å²) in [7, 11) is 1.74. The lowest BCUT2D eigenvalue weighted by Crippen LogP contribution is -2.20. The van der Waals surface area contributed by atoms with Gasteiger partial charge in [0.1, 0.15) is 11.5 Å². The zero-order valence-electron chi connectivity index (χ0n) is 16.6. The van der Waals surface area contributed by atoms with Gasteiger partial charge in [0, 0.05) is 62.4 Å². The second kappa shape index (κ2) is 8.27. The minimum absolute atomic E-state index is 0.0993. The van der Waals surface area contributed by atoms with Crippen LogP contribution in [-0.2, 0) is 0 Å². The molecule has 0 aromatic carbocycles. The highest BCUT2D eigenvalue weighted by molar-refractivity contribution is 5.74. The SMILES string of the molecule is C=C/C(=C\N(C)N)c1cc2nccn2c(-c2cnn(C(CN)c3ccncc3)c2)n1. The molecule has 0 amide bonds. The normalized spacial score (nSPS) is 12.8. The Bertz CT molecular complexity index is 1190. The molecule has 4 aromatic heterocycles. The van der Waals surface area contributed by atoms with Gasteiger partial charge in [-0.2, -0.15) is 5.10 Å². The number of pyridine rings is 1. The van der Waals surface area contributed by atoms with Crippen molar-refractivity contribution in [2.75, 3.05) is 13.6 Å². The molecule has 4 aromatic rings. The van der Waals surface area contributed by atoms with Crippen LogP contribution in [0, 0.1) is 0 Å². The third-order valence-corrected chi connectivity index (χ3v) is 4.74. The van der Waals surface area contributed by atoms with Gasteiger partial charge in [0.05, 0.1) is 23.5 Å². The molecule has 0 spiro atoms. The van der Waals surface area contributed by atoms with Gasteiger partial charge in [-0.25, -0.2) is 15.8 Å². The monoisotopic (exact) mass is 401 g/mol. The van der Waals surface area contributed by atoms with Gasteiger partial charge >= 0.3 is 0 Å². The van der Waals surface area contributed by atoms with Crippen LogP contribution in [0.3, 0.4) is 0 Å². The van der Waals surface area contributed by atoms with E-state index in [1.54, 1.807) is 44.1 Å². The van der Waals surface area contributed by atoms with Crippen LogP contribution in [0.25, 0.3) is 22.6 Å². The Morgan fingerprint density at radius 2 is 2.10 bits per heavy atom. The van der Waals surface area contributed by atoms with E-state index in [1.165, 1.54) is 5.01 Å². The Balaban J connectivity index is 1.80. The minimum atomic E-state index is -0.0993. The first-order valence-electron chi connectivity index (χ1n) is 9.41. The van der Waals surface area contributed by atoms with Crippen LogP contribution in [0.15, 0.2) is 74.2 Å². The summed E-state index contributed by atoms with van der Waals surface area (Å²) < 4.78 is 3.77. The molecule has 9 nitrogen and oxygen atoms in total. The van der Waals surface area contributed by atoms with Gasteiger partial charge in [0.15, 0.2) is 0 Å². The van der Waals surface area contributed by atoms with Crippen LogP contribution >= 0.6 is 0 Å². The summed E-state index contributed by atoms with van der Waals surface area (Å²) in [5.41, 5.74) is 10.2. The number of aromatic nitrogens is 6.